The Labute approximate surface area is 251 Å². The average Bonchev–Trinajstić information content (AvgIpc) is 3.01. The number of carbonyl (C=O) groups excluding carboxylic acids is 2. The Morgan fingerprint density at radius 2 is 1.36 bits per heavy atom. The number of carboxylic acid groups (broad SMARTS) is 2. The zero-order valence-corrected chi connectivity index (χ0v) is 23.6. The second-order valence-corrected chi connectivity index (χ2v) is 10.9. The van der Waals surface area contributed by atoms with E-state index in [2.05, 4.69) is 5.32 Å². The van der Waals surface area contributed by atoms with E-state index in [0.29, 0.717) is 29.1 Å². The number of ether oxygens (including phenoxy) is 1. The summed E-state index contributed by atoms with van der Waals surface area (Å²) in [5.41, 5.74) is 2.34. The third kappa shape index (κ3) is 8.22. The van der Waals surface area contributed by atoms with Gasteiger partial charge in [0.1, 0.15) is 13.1 Å². The Morgan fingerprint density at radius 3 is 1.89 bits per heavy atom. The number of carboxylic acids is 2. The molecule has 3 fully saturated rings. The minimum atomic E-state index is -5.08. The standard InChI is InChI=1S/C30H30N2O5.C2HF3O2/c33-26(21-11-13-24(14-12-21)29(34)35)19-32-17-15-22(16-18-32)27(20-32)37-30(36)28(23-7-3-1-4-8-23)31-25-9-5-2-6-10-25;3-2(4,5)1(6)7/h1-14,22,27-28,31H,15-20H2;(H,6,7)/p+1/t22?,27-,28+,32?;/m0./s1. The number of alkyl halides is 3. The molecule has 44 heavy (non-hydrogen) atoms. The number of anilines is 1. The number of piperidine rings is 3. The Kier molecular flexibility index (Phi) is 10.0. The predicted molar refractivity (Wildman–Crippen MR) is 153 cm³/mol. The Morgan fingerprint density at radius 1 is 0.841 bits per heavy atom. The molecule has 232 valence electrons. The van der Waals surface area contributed by atoms with Crippen LogP contribution in [-0.2, 0) is 14.3 Å². The molecule has 3 aliphatic rings. The number of benzene rings is 3. The molecule has 0 spiro atoms. The fourth-order valence-corrected chi connectivity index (χ4v) is 5.61. The fourth-order valence-electron chi connectivity index (χ4n) is 5.61. The fraction of sp³-hybridized carbons (Fsp3) is 0.312. The molecule has 0 aliphatic carbocycles. The summed E-state index contributed by atoms with van der Waals surface area (Å²) >= 11 is 0. The SMILES string of the molecule is O=C(O)C(F)(F)F.O=C(O)c1ccc(C(=O)C[N+]23CCC(CC2)[C@@H](OC(=O)[C@H](Nc2ccccc2)c2ccccc2)C3)cc1. The van der Waals surface area contributed by atoms with Gasteiger partial charge in [-0.25, -0.2) is 14.4 Å². The number of halogens is 3. The summed E-state index contributed by atoms with van der Waals surface area (Å²) in [6, 6.07) is 24.6. The van der Waals surface area contributed by atoms with Crippen molar-refractivity contribution >= 4 is 29.4 Å². The molecule has 2 bridgehead atoms. The number of fused-ring (bicyclic) bond motifs is 3. The topological polar surface area (TPSA) is 130 Å². The van der Waals surface area contributed by atoms with Gasteiger partial charge >= 0.3 is 24.1 Å². The van der Waals surface area contributed by atoms with Crippen LogP contribution in [0.1, 0.15) is 45.2 Å². The lowest BCUT2D eigenvalue weighted by Gasteiger charge is -2.51. The van der Waals surface area contributed by atoms with E-state index in [1.807, 2.05) is 60.7 Å². The van der Waals surface area contributed by atoms with Crippen LogP contribution < -0.4 is 5.32 Å². The van der Waals surface area contributed by atoms with Gasteiger partial charge in [0.2, 0.25) is 5.78 Å². The van der Waals surface area contributed by atoms with Crippen LogP contribution in [0.25, 0.3) is 0 Å². The first-order valence-electron chi connectivity index (χ1n) is 14.0. The second-order valence-electron chi connectivity index (χ2n) is 10.9. The van der Waals surface area contributed by atoms with Crippen molar-refractivity contribution in [3.63, 3.8) is 0 Å². The number of nitrogens with zero attached hydrogens (tertiary/aromatic N) is 1. The van der Waals surface area contributed by atoms with Crippen LogP contribution in [0.2, 0.25) is 0 Å². The third-order valence-electron chi connectivity index (χ3n) is 7.94. The van der Waals surface area contributed by atoms with E-state index in [1.54, 1.807) is 12.1 Å². The van der Waals surface area contributed by atoms with Crippen LogP contribution in [0.4, 0.5) is 18.9 Å². The summed E-state index contributed by atoms with van der Waals surface area (Å²) in [4.78, 5) is 46.7. The van der Waals surface area contributed by atoms with E-state index in [0.717, 1.165) is 37.2 Å². The highest BCUT2D eigenvalue weighted by Crippen LogP contribution is 2.37. The molecule has 3 saturated heterocycles. The highest BCUT2D eigenvalue weighted by molar-refractivity contribution is 5.98. The van der Waals surface area contributed by atoms with Crippen LogP contribution in [0.5, 0.6) is 0 Å². The second kappa shape index (κ2) is 13.7. The molecule has 3 heterocycles. The summed E-state index contributed by atoms with van der Waals surface area (Å²) in [7, 11) is 0. The lowest BCUT2D eigenvalue weighted by Crippen LogP contribution is -2.65. The van der Waals surface area contributed by atoms with Crippen molar-refractivity contribution in [1.29, 1.82) is 0 Å². The van der Waals surface area contributed by atoms with Crippen molar-refractivity contribution in [3.05, 3.63) is 102 Å². The van der Waals surface area contributed by atoms with Gasteiger partial charge in [0.15, 0.2) is 12.1 Å². The first-order chi connectivity index (χ1) is 20.9. The molecular formula is C32H32F3N2O7+. The molecular weight excluding hydrogens is 581 g/mol. The normalized spacial score (nSPS) is 21.2. The van der Waals surface area contributed by atoms with Crippen LogP contribution in [0.3, 0.4) is 0 Å². The summed E-state index contributed by atoms with van der Waals surface area (Å²) in [5, 5.41) is 19.6. The van der Waals surface area contributed by atoms with Gasteiger partial charge in [-0.2, -0.15) is 13.2 Å². The van der Waals surface area contributed by atoms with Crippen LogP contribution >= 0.6 is 0 Å². The number of esters is 1. The minimum absolute atomic E-state index is 0.0183. The van der Waals surface area contributed by atoms with Gasteiger partial charge < -0.3 is 24.7 Å². The highest BCUT2D eigenvalue weighted by Gasteiger charge is 2.49. The van der Waals surface area contributed by atoms with Gasteiger partial charge in [-0.05, 0) is 29.8 Å². The highest BCUT2D eigenvalue weighted by atomic mass is 19.4. The van der Waals surface area contributed by atoms with E-state index < -0.39 is 24.2 Å². The molecule has 0 amide bonds. The molecule has 3 N–H and O–H groups in total. The first-order valence-corrected chi connectivity index (χ1v) is 14.0. The maximum absolute atomic E-state index is 13.5. The van der Waals surface area contributed by atoms with Crippen molar-refractivity contribution in [2.45, 2.75) is 31.2 Å². The molecule has 9 nitrogen and oxygen atoms in total. The molecule has 0 aromatic heterocycles. The van der Waals surface area contributed by atoms with Crippen molar-refractivity contribution in [2.24, 2.45) is 5.92 Å². The van der Waals surface area contributed by atoms with E-state index in [9.17, 15) is 27.6 Å². The van der Waals surface area contributed by atoms with Crippen LogP contribution in [-0.4, -0.2) is 76.8 Å². The number of para-hydroxylation sites is 1. The zero-order chi connectivity index (χ0) is 31.9. The molecule has 0 saturated carbocycles. The minimum Gasteiger partial charge on any atom is -0.478 e. The quantitative estimate of drug-likeness (QED) is 0.171. The molecule has 2 atom stereocenters. The number of nitrogens with one attached hydrogen (secondary N) is 1. The van der Waals surface area contributed by atoms with Gasteiger partial charge in [-0.1, -0.05) is 60.7 Å². The van der Waals surface area contributed by atoms with E-state index in [1.165, 1.54) is 12.1 Å². The van der Waals surface area contributed by atoms with E-state index >= 15 is 0 Å². The summed E-state index contributed by atoms with van der Waals surface area (Å²) in [5.74, 6) is -3.81. The van der Waals surface area contributed by atoms with Gasteiger partial charge in [0.25, 0.3) is 0 Å². The van der Waals surface area contributed by atoms with Gasteiger partial charge in [0.05, 0.1) is 18.7 Å². The third-order valence-corrected chi connectivity index (χ3v) is 7.94. The summed E-state index contributed by atoms with van der Waals surface area (Å²) in [6.45, 7) is 2.68. The Hall–Kier alpha value is -4.71. The first kappa shape index (κ1) is 32.2. The molecule has 0 unspecified atom stereocenters. The Balaban J connectivity index is 0.000000566. The maximum Gasteiger partial charge on any atom is 0.490 e. The molecule has 12 heteroatoms. The largest absolute Gasteiger partial charge is 0.490 e. The lowest BCUT2D eigenvalue weighted by molar-refractivity contribution is -0.938. The van der Waals surface area contributed by atoms with Gasteiger partial charge in [0, 0.05) is 30.0 Å². The number of hydrogen-bond donors (Lipinski definition) is 3. The van der Waals surface area contributed by atoms with E-state index in [-0.39, 0.29) is 23.4 Å². The zero-order valence-electron chi connectivity index (χ0n) is 23.6. The van der Waals surface area contributed by atoms with Crippen LogP contribution in [0.15, 0.2) is 84.9 Å². The predicted octanol–water partition coefficient (Wildman–Crippen LogP) is 5.21. The molecule has 0 radical (unpaired) electrons. The number of carbonyl (C=O) groups is 4. The van der Waals surface area contributed by atoms with Gasteiger partial charge in [-0.3, -0.25) is 4.79 Å². The van der Waals surface area contributed by atoms with Crippen molar-refractivity contribution in [3.8, 4) is 0 Å². The number of aromatic carboxylic acids is 1. The molecule has 3 aliphatic heterocycles. The number of hydrogen-bond acceptors (Lipinski definition) is 6. The lowest BCUT2D eigenvalue weighted by atomic mass is 9.82. The number of rotatable bonds is 9. The van der Waals surface area contributed by atoms with Gasteiger partial charge in [-0.15, -0.1) is 0 Å². The molecule has 3 aromatic rings. The summed E-state index contributed by atoms with van der Waals surface area (Å²) < 4.78 is 38.5. The van der Waals surface area contributed by atoms with E-state index in [4.69, 9.17) is 19.7 Å². The van der Waals surface area contributed by atoms with Crippen molar-refractivity contribution in [2.75, 3.05) is 31.5 Å². The molecule has 3 aromatic carbocycles. The van der Waals surface area contributed by atoms with Crippen molar-refractivity contribution in [1.82, 2.24) is 0 Å². The number of Topliss-reactive ketones (excluding diaryl/α,β-unsaturated/α-hetero) is 1. The Bertz CT molecular complexity index is 1460. The molecule has 6 rings (SSSR count). The maximum atomic E-state index is 13.5. The number of quaternary nitrogens is 1. The monoisotopic (exact) mass is 613 g/mol. The number of aliphatic carboxylic acids is 1. The average molecular weight is 614 g/mol. The number of ketones is 1. The van der Waals surface area contributed by atoms with Crippen molar-refractivity contribution < 1.29 is 51.8 Å². The smallest absolute Gasteiger partial charge is 0.478 e. The summed E-state index contributed by atoms with van der Waals surface area (Å²) in [6.07, 6.45) is -3.52. The van der Waals surface area contributed by atoms with Crippen LogP contribution in [0, 0.1) is 5.92 Å².